The summed E-state index contributed by atoms with van der Waals surface area (Å²) in [5.41, 5.74) is 2.45. The lowest BCUT2D eigenvalue weighted by Crippen LogP contribution is -2.47. The Balaban J connectivity index is 0.00000210. The summed E-state index contributed by atoms with van der Waals surface area (Å²) in [5, 5.41) is 4.16. The zero-order chi connectivity index (χ0) is 18.3. The molecular formula is C20H23Cl2N3O2. The monoisotopic (exact) mass is 407 g/mol. The fourth-order valence-corrected chi connectivity index (χ4v) is 4.40. The van der Waals surface area contributed by atoms with Gasteiger partial charge in [-0.15, -0.1) is 12.4 Å². The Bertz CT molecular complexity index is 861. The van der Waals surface area contributed by atoms with E-state index in [1.807, 2.05) is 36.2 Å². The maximum atomic E-state index is 12.5. The first-order valence-corrected chi connectivity index (χ1v) is 9.24. The molecule has 0 aliphatic carbocycles. The number of nitrogens with one attached hydrogen (secondary N) is 1. The normalized spacial score (nSPS) is 24.3. The van der Waals surface area contributed by atoms with Gasteiger partial charge in [0.1, 0.15) is 11.3 Å². The van der Waals surface area contributed by atoms with Gasteiger partial charge in [0.05, 0.1) is 23.9 Å². The molecule has 5 nitrogen and oxygen atoms in total. The number of likely N-dealkylation sites (tertiary alicyclic amines) is 1. The number of aromatic nitrogens is 1. The SMILES string of the molecule is COc1cccc(-c2ccnc([C@H]3CC[C@]4(CCN(C)C4=O)N3)c2)c1Cl.Cl. The number of ether oxygens (including phenoxy) is 1. The minimum absolute atomic E-state index is 0. The van der Waals surface area contributed by atoms with E-state index in [2.05, 4.69) is 16.4 Å². The lowest BCUT2D eigenvalue weighted by Gasteiger charge is -2.23. The van der Waals surface area contributed by atoms with E-state index >= 15 is 0 Å². The molecule has 2 aliphatic rings. The average molecular weight is 408 g/mol. The number of likely N-dealkylation sites (N-methyl/N-ethyl adjacent to an activating group) is 1. The Kier molecular flexibility index (Phi) is 5.65. The van der Waals surface area contributed by atoms with Crippen molar-refractivity contribution in [2.45, 2.75) is 30.8 Å². The van der Waals surface area contributed by atoms with Crippen LogP contribution in [-0.2, 0) is 4.79 Å². The van der Waals surface area contributed by atoms with Crippen LogP contribution in [0.3, 0.4) is 0 Å². The predicted molar refractivity (Wildman–Crippen MR) is 109 cm³/mol. The quantitative estimate of drug-likeness (QED) is 0.838. The fraction of sp³-hybridized carbons (Fsp3) is 0.400. The lowest BCUT2D eigenvalue weighted by molar-refractivity contribution is -0.131. The number of carbonyl (C=O) groups excluding carboxylic acids is 1. The maximum Gasteiger partial charge on any atom is 0.242 e. The highest BCUT2D eigenvalue weighted by atomic mass is 35.5. The summed E-state index contributed by atoms with van der Waals surface area (Å²) in [7, 11) is 3.48. The molecular weight excluding hydrogens is 385 g/mol. The van der Waals surface area contributed by atoms with Crippen LogP contribution in [-0.4, -0.2) is 42.0 Å². The first kappa shape index (κ1) is 19.9. The van der Waals surface area contributed by atoms with Crippen molar-refractivity contribution < 1.29 is 9.53 Å². The Labute approximate surface area is 170 Å². The molecule has 1 amide bonds. The molecule has 1 aromatic heterocycles. The topological polar surface area (TPSA) is 54.5 Å². The van der Waals surface area contributed by atoms with E-state index in [4.69, 9.17) is 16.3 Å². The van der Waals surface area contributed by atoms with Gasteiger partial charge in [-0.3, -0.25) is 15.1 Å². The first-order chi connectivity index (χ1) is 12.5. The number of pyridine rings is 1. The number of methoxy groups -OCH3 is 1. The number of benzene rings is 1. The second-order valence-corrected chi connectivity index (χ2v) is 7.46. The van der Waals surface area contributed by atoms with Gasteiger partial charge < -0.3 is 9.64 Å². The van der Waals surface area contributed by atoms with Crippen LogP contribution < -0.4 is 10.1 Å². The number of rotatable bonds is 3. The highest BCUT2D eigenvalue weighted by molar-refractivity contribution is 6.34. The molecule has 4 rings (SSSR count). The van der Waals surface area contributed by atoms with E-state index < -0.39 is 5.54 Å². The molecule has 27 heavy (non-hydrogen) atoms. The second kappa shape index (κ2) is 7.66. The van der Waals surface area contributed by atoms with Gasteiger partial charge >= 0.3 is 0 Å². The molecule has 7 heteroatoms. The van der Waals surface area contributed by atoms with Crippen LogP contribution in [0, 0.1) is 0 Å². The second-order valence-electron chi connectivity index (χ2n) is 7.09. The number of nitrogens with zero attached hydrogens (tertiary/aromatic N) is 2. The molecule has 0 unspecified atom stereocenters. The zero-order valence-corrected chi connectivity index (χ0v) is 16.9. The van der Waals surface area contributed by atoms with Crippen LogP contribution in [0.15, 0.2) is 36.5 Å². The molecule has 2 atom stereocenters. The molecule has 2 fully saturated rings. The van der Waals surface area contributed by atoms with E-state index in [1.165, 1.54) is 0 Å². The highest BCUT2D eigenvalue weighted by Crippen LogP contribution is 2.40. The molecule has 1 spiro atoms. The molecule has 1 aromatic carbocycles. The fourth-order valence-electron chi connectivity index (χ4n) is 4.09. The van der Waals surface area contributed by atoms with Crippen molar-refractivity contribution in [1.82, 2.24) is 15.2 Å². The van der Waals surface area contributed by atoms with E-state index in [9.17, 15) is 4.79 Å². The lowest BCUT2D eigenvalue weighted by atomic mass is 9.96. The summed E-state index contributed by atoms with van der Waals surface area (Å²) in [4.78, 5) is 18.9. The van der Waals surface area contributed by atoms with Crippen molar-refractivity contribution >= 4 is 29.9 Å². The van der Waals surface area contributed by atoms with Gasteiger partial charge in [0.25, 0.3) is 0 Å². The number of hydrogen-bond acceptors (Lipinski definition) is 4. The Morgan fingerprint density at radius 3 is 2.85 bits per heavy atom. The van der Waals surface area contributed by atoms with E-state index in [0.717, 1.165) is 42.6 Å². The van der Waals surface area contributed by atoms with E-state index in [1.54, 1.807) is 13.3 Å². The van der Waals surface area contributed by atoms with Crippen molar-refractivity contribution in [2.24, 2.45) is 0 Å². The van der Waals surface area contributed by atoms with Crippen LogP contribution in [0.25, 0.3) is 11.1 Å². The molecule has 0 radical (unpaired) electrons. The third-order valence-electron chi connectivity index (χ3n) is 5.57. The summed E-state index contributed by atoms with van der Waals surface area (Å²) < 4.78 is 5.32. The van der Waals surface area contributed by atoms with Crippen LogP contribution >= 0.6 is 24.0 Å². The van der Waals surface area contributed by atoms with Gasteiger partial charge in [0, 0.05) is 25.4 Å². The summed E-state index contributed by atoms with van der Waals surface area (Å²) in [6.07, 6.45) is 4.42. The molecule has 2 aliphatic heterocycles. The number of hydrogen-bond donors (Lipinski definition) is 1. The molecule has 2 aromatic rings. The van der Waals surface area contributed by atoms with E-state index in [-0.39, 0.29) is 24.4 Å². The van der Waals surface area contributed by atoms with Gasteiger partial charge in [0.2, 0.25) is 5.91 Å². The van der Waals surface area contributed by atoms with Crippen LogP contribution in [0.4, 0.5) is 0 Å². The van der Waals surface area contributed by atoms with Crippen molar-refractivity contribution in [3.05, 3.63) is 47.2 Å². The minimum atomic E-state index is -0.412. The third kappa shape index (κ3) is 3.40. The molecule has 144 valence electrons. The number of amides is 1. The van der Waals surface area contributed by atoms with Gasteiger partial charge in [-0.2, -0.15) is 0 Å². The van der Waals surface area contributed by atoms with Gasteiger partial charge in [-0.05, 0) is 43.0 Å². The van der Waals surface area contributed by atoms with Crippen molar-refractivity contribution in [2.75, 3.05) is 20.7 Å². The van der Waals surface area contributed by atoms with Crippen LogP contribution in [0.5, 0.6) is 5.75 Å². The molecule has 0 saturated carbocycles. The van der Waals surface area contributed by atoms with Gasteiger partial charge in [-0.25, -0.2) is 0 Å². The van der Waals surface area contributed by atoms with Crippen LogP contribution in [0.2, 0.25) is 5.02 Å². The zero-order valence-electron chi connectivity index (χ0n) is 15.4. The maximum absolute atomic E-state index is 12.5. The van der Waals surface area contributed by atoms with Crippen molar-refractivity contribution in [3.8, 4) is 16.9 Å². The van der Waals surface area contributed by atoms with Crippen molar-refractivity contribution in [3.63, 3.8) is 0 Å². The van der Waals surface area contributed by atoms with Crippen molar-refractivity contribution in [1.29, 1.82) is 0 Å². The molecule has 0 bridgehead atoms. The molecule has 3 heterocycles. The largest absolute Gasteiger partial charge is 0.495 e. The van der Waals surface area contributed by atoms with E-state index in [0.29, 0.717) is 10.8 Å². The standard InChI is InChI=1S/C20H22ClN3O2.ClH/c1-24-11-9-20(19(24)25)8-6-15(23-20)16-12-13(7-10-22-16)14-4-3-5-17(26-2)18(14)21;/h3-5,7,10,12,15,23H,6,8-9,11H2,1-2H3;1H/t15-,20-;/m1./s1. The summed E-state index contributed by atoms with van der Waals surface area (Å²) >= 11 is 6.48. The number of carbonyl (C=O) groups is 1. The van der Waals surface area contributed by atoms with Gasteiger partial charge in [0.15, 0.2) is 0 Å². The third-order valence-corrected chi connectivity index (χ3v) is 5.96. The van der Waals surface area contributed by atoms with Crippen LogP contribution in [0.1, 0.15) is 31.0 Å². The Hall–Kier alpha value is -1.82. The predicted octanol–water partition coefficient (Wildman–Crippen LogP) is 3.86. The first-order valence-electron chi connectivity index (χ1n) is 8.86. The summed E-state index contributed by atoms with van der Waals surface area (Å²) in [6, 6.07) is 9.83. The van der Waals surface area contributed by atoms with Gasteiger partial charge in [-0.1, -0.05) is 23.7 Å². The highest BCUT2D eigenvalue weighted by Gasteiger charge is 2.50. The molecule has 2 saturated heterocycles. The summed E-state index contributed by atoms with van der Waals surface area (Å²) in [5.74, 6) is 0.854. The smallest absolute Gasteiger partial charge is 0.242 e. The Morgan fingerprint density at radius 1 is 1.33 bits per heavy atom. The minimum Gasteiger partial charge on any atom is -0.495 e. The molecule has 1 N–H and O–H groups in total. The number of halogens is 2. The Morgan fingerprint density at radius 2 is 2.15 bits per heavy atom. The summed E-state index contributed by atoms with van der Waals surface area (Å²) in [6.45, 7) is 0.811. The average Bonchev–Trinajstić information content (AvgIpc) is 3.22.